The number of anilines is 2. The van der Waals surface area contributed by atoms with Crippen LogP contribution < -0.4 is 5.32 Å². The quantitative estimate of drug-likeness (QED) is 0.422. The molecule has 0 radical (unpaired) electrons. The summed E-state index contributed by atoms with van der Waals surface area (Å²) >= 11 is 6.03. The highest BCUT2D eigenvalue weighted by atomic mass is 79.9. The van der Waals surface area contributed by atoms with Gasteiger partial charge in [-0.1, -0.05) is 29.8 Å². The van der Waals surface area contributed by atoms with Gasteiger partial charge in [-0.3, -0.25) is 0 Å². The number of benzene rings is 2. The van der Waals surface area contributed by atoms with Crippen LogP contribution in [0.2, 0.25) is 5.02 Å². The average Bonchev–Trinajstić information content (AvgIpc) is 3.00. The summed E-state index contributed by atoms with van der Waals surface area (Å²) in [6.45, 7) is 0. The fourth-order valence-corrected chi connectivity index (χ4v) is 2.76. The van der Waals surface area contributed by atoms with E-state index in [1.54, 1.807) is 18.2 Å². The third kappa shape index (κ3) is 3.60. The number of phenolic OH excluding ortho intramolecular Hbond substituents is 1. The van der Waals surface area contributed by atoms with E-state index < -0.39 is 0 Å². The number of hydrogen-bond donors (Lipinski definition) is 3. The summed E-state index contributed by atoms with van der Waals surface area (Å²) in [6.07, 6.45) is 1.50. The maximum atomic E-state index is 9.66. The van der Waals surface area contributed by atoms with E-state index in [0.29, 0.717) is 16.5 Å². The predicted octanol–water partition coefficient (Wildman–Crippen LogP) is 5.31. The fourth-order valence-electron chi connectivity index (χ4n) is 2.57. The van der Waals surface area contributed by atoms with Crippen LogP contribution in [-0.2, 0) is 0 Å². The van der Waals surface area contributed by atoms with Crippen LogP contribution in [-0.4, -0.2) is 20.1 Å². The molecule has 0 bridgehead atoms. The second-order valence-electron chi connectivity index (χ2n) is 5.35. The van der Waals surface area contributed by atoms with Crippen LogP contribution in [0.25, 0.3) is 22.3 Å². The Balaban J connectivity index is 0.00000182. The van der Waals surface area contributed by atoms with Gasteiger partial charge in [-0.25, -0.2) is 9.97 Å². The molecule has 0 unspecified atom stereocenters. The number of halogens is 2. The lowest BCUT2D eigenvalue weighted by Crippen LogP contribution is -1.94. The Morgan fingerprint density at radius 3 is 2.64 bits per heavy atom. The lowest BCUT2D eigenvalue weighted by Gasteiger charge is -2.06. The third-order valence-corrected chi connectivity index (χ3v) is 3.91. The Morgan fingerprint density at radius 1 is 1.00 bits per heavy atom. The van der Waals surface area contributed by atoms with Gasteiger partial charge in [0.05, 0.1) is 5.39 Å². The normalized spacial score (nSPS) is 10.4. The summed E-state index contributed by atoms with van der Waals surface area (Å²) in [6, 6.07) is 16.4. The molecule has 0 amide bonds. The first-order chi connectivity index (χ1) is 11.7. The predicted molar refractivity (Wildman–Crippen MR) is 106 cm³/mol. The maximum Gasteiger partial charge on any atom is 0.143 e. The van der Waals surface area contributed by atoms with Crippen molar-refractivity contribution in [3.8, 4) is 17.0 Å². The number of phenols is 1. The minimum Gasteiger partial charge on any atom is -0.508 e. The van der Waals surface area contributed by atoms with Gasteiger partial charge < -0.3 is 15.4 Å². The molecule has 7 heteroatoms. The van der Waals surface area contributed by atoms with Gasteiger partial charge in [-0.05, 0) is 36.4 Å². The SMILES string of the molecule is Br.Oc1cccc(-c2cc3c(Nc4cccc(Cl)c4)ncnc3[nH]2)c1. The van der Waals surface area contributed by atoms with Crippen molar-refractivity contribution in [3.05, 3.63) is 65.9 Å². The molecule has 0 aliphatic heterocycles. The fraction of sp³-hybridized carbons (Fsp3) is 0. The van der Waals surface area contributed by atoms with E-state index in [0.717, 1.165) is 22.3 Å². The molecule has 126 valence electrons. The number of H-pyrrole nitrogens is 1. The molecule has 0 saturated carbocycles. The number of nitrogens with one attached hydrogen (secondary N) is 2. The zero-order chi connectivity index (χ0) is 16.5. The molecule has 2 aromatic heterocycles. The van der Waals surface area contributed by atoms with E-state index in [2.05, 4.69) is 20.3 Å². The van der Waals surface area contributed by atoms with Gasteiger partial charge in [0.1, 0.15) is 23.5 Å². The van der Waals surface area contributed by atoms with Crippen molar-refractivity contribution >= 4 is 51.1 Å². The Kier molecular flexibility index (Phi) is 4.92. The second kappa shape index (κ2) is 7.13. The molecule has 0 aliphatic carbocycles. The van der Waals surface area contributed by atoms with Crippen LogP contribution in [0, 0.1) is 0 Å². The van der Waals surface area contributed by atoms with E-state index in [1.165, 1.54) is 6.33 Å². The van der Waals surface area contributed by atoms with Crippen molar-refractivity contribution < 1.29 is 5.11 Å². The van der Waals surface area contributed by atoms with Crippen LogP contribution in [0.15, 0.2) is 60.9 Å². The molecule has 0 spiro atoms. The van der Waals surface area contributed by atoms with Crippen molar-refractivity contribution in [1.29, 1.82) is 0 Å². The first kappa shape index (κ1) is 17.3. The monoisotopic (exact) mass is 416 g/mol. The first-order valence-corrected chi connectivity index (χ1v) is 7.72. The molecule has 0 aliphatic rings. The second-order valence-corrected chi connectivity index (χ2v) is 5.79. The number of aromatic hydroxyl groups is 1. The molecular weight excluding hydrogens is 404 g/mol. The molecule has 0 saturated heterocycles. The largest absolute Gasteiger partial charge is 0.508 e. The van der Waals surface area contributed by atoms with E-state index in [1.807, 2.05) is 36.4 Å². The number of aromatic nitrogens is 3. The zero-order valence-corrected chi connectivity index (χ0v) is 15.4. The summed E-state index contributed by atoms with van der Waals surface area (Å²) in [5.74, 6) is 0.902. The minimum absolute atomic E-state index is 0. The molecule has 4 rings (SSSR count). The maximum absolute atomic E-state index is 9.66. The topological polar surface area (TPSA) is 73.8 Å². The number of rotatable bonds is 3. The van der Waals surface area contributed by atoms with Crippen molar-refractivity contribution in [2.45, 2.75) is 0 Å². The van der Waals surface area contributed by atoms with Gasteiger partial charge in [0.15, 0.2) is 0 Å². The Morgan fingerprint density at radius 2 is 1.84 bits per heavy atom. The molecule has 3 N–H and O–H groups in total. The highest BCUT2D eigenvalue weighted by Crippen LogP contribution is 2.30. The first-order valence-electron chi connectivity index (χ1n) is 7.35. The smallest absolute Gasteiger partial charge is 0.143 e. The van der Waals surface area contributed by atoms with Crippen LogP contribution in [0.5, 0.6) is 5.75 Å². The van der Waals surface area contributed by atoms with Crippen LogP contribution >= 0.6 is 28.6 Å². The summed E-state index contributed by atoms with van der Waals surface area (Å²) in [7, 11) is 0. The summed E-state index contributed by atoms with van der Waals surface area (Å²) < 4.78 is 0. The van der Waals surface area contributed by atoms with Crippen molar-refractivity contribution in [2.75, 3.05) is 5.32 Å². The number of aromatic amines is 1. The van der Waals surface area contributed by atoms with E-state index in [9.17, 15) is 5.11 Å². The Bertz CT molecular complexity index is 1030. The van der Waals surface area contributed by atoms with Gasteiger partial charge in [0.2, 0.25) is 0 Å². The molecule has 0 fully saturated rings. The number of hydrogen-bond acceptors (Lipinski definition) is 4. The van der Waals surface area contributed by atoms with Crippen molar-refractivity contribution in [1.82, 2.24) is 15.0 Å². The molecule has 4 aromatic rings. The van der Waals surface area contributed by atoms with Crippen molar-refractivity contribution in [3.63, 3.8) is 0 Å². The summed E-state index contributed by atoms with van der Waals surface area (Å²) in [5.41, 5.74) is 3.30. The number of fused-ring (bicyclic) bond motifs is 1. The van der Waals surface area contributed by atoms with Gasteiger partial charge in [-0.15, -0.1) is 17.0 Å². The average molecular weight is 418 g/mol. The molecule has 2 aromatic carbocycles. The summed E-state index contributed by atoms with van der Waals surface area (Å²) in [4.78, 5) is 11.8. The van der Waals surface area contributed by atoms with Crippen molar-refractivity contribution in [2.24, 2.45) is 0 Å². The third-order valence-electron chi connectivity index (χ3n) is 3.67. The van der Waals surface area contributed by atoms with Crippen LogP contribution in [0.4, 0.5) is 11.5 Å². The number of nitrogens with zero attached hydrogens (tertiary/aromatic N) is 2. The lowest BCUT2D eigenvalue weighted by molar-refractivity contribution is 0.475. The van der Waals surface area contributed by atoms with Crippen LogP contribution in [0.3, 0.4) is 0 Å². The molecule has 2 heterocycles. The zero-order valence-electron chi connectivity index (χ0n) is 12.9. The molecule has 25 heavy (non-hydrogen) atoms. The standard InChI is InChI=1S/C18H13ClN4O.BrH/c19-12-4-2-5-13(8-12)22-17-15-9-16(23-18(15)21-10-20-17)11-3-1-6-14(24)7-11;/h1-10,24H,(H2,20,21,22,23);1H. The highest BCUT2D eigenvalue weighted by Gasteiger charge is 2.10. The van der Waals surface area contributed by atoms with Gasteiger partial charge >= 0.3 is 0 Å². The molecular formula is C18H14BrClN4O. The molecule has 5 nitrogen and oxygen atoms in total. The Hall–Kier alpha value is -2.57. The van der Waals surface area contributed by atoms with Gasteiger partial charge in [0, 0.05) is 22.0 Å². The van der Waals surface area contributed by atoms with Crippen LogP contribution in [0.1, 0.15) is 0 Å². The van der Waals surface area contributed by atoms with E-state index >= 15 is 0 Å². The van der Waals surface area contributed by atoms with E-state index in [-0.39, 0.29) is 22.7 Å². The lowest BCUT2D eigenvalue weighted by atomic mass is 10.1. The van der Waals surface area contributed by atoms with Gasteiger partial charge in [0.25, 0.3) is 0 Å². The molecule has 0 atom stereocenters. The van der Waals surface area contributed by atoms with E-state index in [4.69, 9.17) is 11.6 Å². The Labute approximate surface area is 159 Å². The highest BCUT2D eigenvalue weighted by molar-refractivity contribution is 8.93. The van der Waals surface area contributed by atoms with Gasteiger partial charge in [-0.2, -0.15) is 0 Å². The minimum atomic E-state index is 0. The summed E-state index contributed by atoms with van der Waals surface area (Å²) in [5, 5.41) is 14.4.